The van der Waals surface area contributed by atoms with Crippen LogP contribution in [-0.4, -0.2) is 29.3 Å². The third-order valence-corrected chi connectivity index (χ3v) is 3.31. The van der Waals surface area contributed by atoms with Crippen molar-refractivity contribution in [2.75, 3.05) is 19.3 Å². The topological polar surface area (TPSA) is 118 Å². The molecule has 0 saturated carbocycles. The van der Waals surface area contributed by atoms with Crippen LogP contribution in [0, 0.1) is 17.1 Å². The number of guanidine groups is 1. The number of benzene rings is 1. The van der Waals surface area contributed by atoms with E-state index in [1.54, 1.807) is 19.2 Å². The molecule has 2 aromatic rings. The zero-order valence-electron chi connectivity index (χ0n) is 12.8. The van der Waals surface area contributed by atoms with Crippen molar-refractivity contribution in [2.45, 2.75) is 12.8 Å². The quantitative estimate of drug-likeness (QED) is 0.431. The minimum atomic E-state index is -0.346. The number of nitrogen functional groups attached to an aromatic ring is 1. The average Bonchev–Trinajstić information content (AvgIpc) is 2.87. The van der Waals surface area contributed by atoms with Crippen LogP contribution in [0.5, 0.6) is 0 Å². The zero-order chi connectivity index (χ0) is 16.8. The summed E-state index contributed by atoms with van der Waals surface area (Å²) in [6.07, 6.45) is 1.27. The van der Waals surface area contributed by atoms with Crippen molar-refractivity contribution in [3.8, 4) is 11.8 Å². The van der Waals surface area contributed by atoms with Crippen LogP contribution in [0.1, 0.15) is 17.7 Å². The van der Waals surface area contributed by atoms with Crippen LogP contribution in [0.4, 0.5) is 10.2 Å². The van der Waals surface area contributed by atoms with Gasteiger partial charge in [0.1, 0.15) is 23.3 Å². The van der Waals surface area contributed by atoms with Gasteiger partial charge in [-0.25, -0.2) is 9.07 Å². The van der Waals surface area contributed by atoms with E-state index in [9.17, 15) is 9.65 Å². The number of aromatic nitrogens is 2. The number of nitrogens with one attached hydrogen (secondary N) is 1. The lowest BCUT2D eigenvalue weighted by Gasteiger charge is -2.03. The molecule has 1 heterocycles. The predicted octanol–water partition coefficient (Wildman–Crippen LogP) is 0.932. The highest BCUT2D eigenvalue weighted by Crippen LogP contribution is 2.21. The smallest absolute Gasteiger partial charge is 0.188 e. The predicted molar refractivity (Wildman–Crippen MR) is 86.5 cm³/mol. The highest BCUT2D eigenvalue weighted by Gasteiger charge is 2.16. The third-order valence-electron chi connectivity index (χ3n) is 3.31. The summed E-state index contributed by atoms with van der Waals surface area (Å²) in [7, 11) is 1.60. The number of halogens is 1. The average molecular weight is 315 g/mol. The number of aryl methyl sites for hydroxylation is 1. The largest absolute Gasteiger partial charge is 0.382 e. The number of nitrogens with two attached hydrogens (primary N) is 2. The van der Waals surface area contributed by atoms with Crippen molar-refractivity contribution in [3.63, 3.8) is 0 Å². The summed E-state index contributed by atoms with van der Waals surface area (Å²) >= 11 is 0. The molecule has 7 nitrogen and oxygen atoms in total. The van der Waals surface area contributed by atoms with Gasteiger partial charge in [-0.1, -0.05) is 0 Å². The van der Waals surface area contributed by atoms with Crippen LogP contribution in [0.25, 0.3) is 5.69 Å². The molecule has 23 heavy (non-hydrogen) atoms. The van der Waals surface area contributed by atoms with Gasteiger partial charge >= 0.3 is 0 Å². The van der Waals surface area contributed by atoms with Crippen LogP contribution in [0.3, 0.4) is 0 Å². The lowest BCUT2D eigenvalue weighted by Crippen LogP contribution is -2.32. The Morgan fingerprint density at radius 2 is 2.13 bits per heavy atom. The third kappa shape index (κ3) is 3.77. The van der Waals surface area contributed by atoms with Crippen molar-refractivity contribution in [1.29, 1.82) is 5.26 Å². The molecule has 0 amide bonds. The molecule has 0 aliphatic heterocycles. The number of nitriles is 1. The van der Waals surface area contributed by atoms with Gasteiger partial charge < -0.3 is 16.8 Å². The first-order valence-electron chi connectivity index (χ1n) is 7.06. The van der Waals surface area contributed by atoms with E-state index in [0.717, 1.165) is 0 Å². The van der Waals surface area contributed by atoms with Crippen LogP contribution >= 0.6 is 0 Å². The molecular formula is C15H18FN7. The summed E-state index contributed by atoms with van der Waals surface area (Å²) in [5, 5.41) is 16.6. The van der Waals surface area contributed by atoms with Gasteiger partial charge in [-0.2, -0.15) is 10.4 Å². The molecule has 8 heteroatoms. The molecule has 1 aromatic heterocycles. The first-order chi connectivity index (χ1) is 11.1. The number of hydrogen-bond donors (Lipinski definition) is 3. The molecular weight excluding hydrogens is 297 g/mol. The monoisotopic (exact) mass is 315 g/mol. The van der Waals surface area contributed by atoms with E-state index < -0.39 is 0 Å². The summed E-state index contributed by atoms with van der Waals surface area (Å²) in [4.78, 5) is 3.79. The number of nitrogens with zero attached hydrogens (tertiary/aromatic N) is 4. The fourth-order valence-corrected chi connectivity index (χ4v) is 2.11. The highest BCUT2D eigenvalue weighted by atomic mass is 19.1. The van der Waals surface area contributed by atoms with E-state index in [1.165, 1.54) is 16.8 Å². The van der Waals surface area contributed by atoms with Gasteiger partial charge in [0.05, 0.1) is 11.4 Å². The molecule has 0 unspecified atom stereocenters. The minimum Gasteiger partial charge on any atom is -0.382 e. The maximum absolute atomic E-state index is 13.0. The molecule has 0 saturated heterocycles. The van der Waals surface area contributed by atoms with E-state index in [2.05, 4.69) is 21.5 Å². The van der Waals surface area contributed by atoms with E-state index in [1.807, 2.05) is 0 Å². The van der Waals surface area contributed by atoms with Crippen LogP contribution in [0.2, 0.25) is 0 Å². The zero-order valence-corrected chi connectivity index (χ0v) is 12.8. The lowest BCUT2D eigenvalue weighted by molar-refractivity contribution is 0.627. The van der Waals surface area contributed by atoms with Gasteiger partial charge in [-0.3, -0.25) is 4.99 Å². The Morgan fingerprint density at radius 1 is 1.43 bits per heavy atom. The SMILES string of the molecule is CN=C(N)NCCCc1nn(-c2ccc(F)cc2)c(N)c1C#N. The minimum absolute atomic E-state index is 0.247. The molecule has 5 N–H and O–H groups in total. The summed E-state index contributed by atoms with van der Waals surface area (Å²) < 4.78 is 14.5. The fraction of sp³-hybridized carbons (Fsp3) is 0.267. The van der Waals surface area contributed by atoms with E-state index >= 15 is 0 Å². The summed E-state index contributed by atoms with van der Waals surface area (Å²) in [6, 6.07) is 7.83. The first kappa shape index (κ1) is 16.3. The molecule has 0 spiro atoms. The summed E-state index contributed by atoms with van der Waals surface area (Å²) in [6.45, 7) is 0.608. The maximum atomic E-state index is 13.0. The van der Waals surface area contributed by atoms with Crippen LogP contribution < -0.4 is 16.8 Å². The Hall–Kier alpha value is -3.08. The molecule has 120 valence electrons. The Bertz CT molecular complexity index is 740. The highest BCUT2D eigenvalue weighted by molar-refractivity contribution is 5.77. The van der Waals surface area contributed by atoms with Gasteiger partial charge in [-0.15, -0.1) is 0 Å². The first-order valence-corrected chi connectivity index (χ1v) is 7.06. The Labute approximate surface area is 133 Å². The van der Waals surface area contributed by atoms with Crippen molar-refractivity contribution < 1.29 is 4.39 Å². The van der Waals surface area contributed by atoms with E-state index in [0.29, 0.717) is 42.3 Å². The van der Waals surface area contributed by atoms with E-state index in [4.69, 9.17) is 11.5 Å². The van der Waals surface area contributed by atoms with Gasteiger partial charge in [0.25, 0.3) is 0 Å². The van der Waals surface area contributed by atoms with Gasteiger partial charge in [0, 0.05) is 13.6 Å². The Balaban J connectivity index is 2.16. The van der Waals surface area contributed by atoms with Gasteiger partial charge in [0.15, 0.2) is 5.96 Å². The maximum Gasteiger partial charge on any atom is 0.188 e. The summed E-state index contributed by atoms with van der Waals surface area (Å²) in [5.74, 6) is 0.264. The van der Waals surface area contributed by atoms with E-state index in [-0.39, 0.29) is 11.6 Å². The molecule has 0 aliphatic carbocycles. The molecule has 0 aliphatic rings. The molecule has 1 aromatic carbocycles. The second kappa shape index (κ2) is 7.26. The van der Waals surface area contributed by atoms with Crippen molar-refractivity contribution in [2.24, 2.45) is 10.7 Å². The van der Waals surface area contributed by atoms with Crippen LogP contribution in [-0.2, 0) is 6.42 Å². The Kier molecular flexibility index (Phi) is 5.15. The molecule has 0 atom stereocenters. The normalized spacial score (nSPS) is 11.3. The number of aliphatic imine (C=N–C) groups is 1. The van der Waals surface area contributed by atoms with Crippen molar-refractivity contribution >= 4 is 11.8 Å². The fourth-order valence-electron chi connectivity index (χ4n) is 2.11. The second-order valence-electron chi connectivity index (χ2n) is 4.85. The van der Waals surface area contributed by atoms with Gasteiger partial charge in [0.2, 0.25) is 0 Å². The Morgan fingerprint density at radius 3 is 2.74 bits per heavy atom. The van der Waals surface area contributed by atoms with Gasteiger partial charge in [-0.05, 0) is 37.1 Å². The summed E-state index contributed by atoms with van der Waals surface area (Å²) in [5.41, 5.74) is 13.1. The molecule has 0 radical (unpaired) electrons. The number of anilines is 1. The molecule has 0 bridgehead atoms. The standard InChI is InChI=1S/C15H18FN7/c1-20-15(19)21-8-2-3-13-12(9-17)14(18)23(22-13)11-6-4-10(16)5-7-11/h4-7H,2-3,8,18H2,1H3,(H3,19,20,21). The van der Waals surface area contributed by atoms with Crippen LogP contribution in [0.15, 0.2) is 29.3 Å². The molecule has 2 rings (SSSR count). The van der Waals surface area contributed by atoms with Crippen molar-refractivity contribution in [3.05, 3.63) is 41.3 Å². The number of hydrogen-bond acceptors (Lipinski definition) is 4. The second-order valence-corrected chi connectivity index (χ2v) is 4.85. The molecule has 0 fully saturated rings. The number of rotatable bonds is 5. The lowest BCUT2D eigenvalue weighted by atomic mass is 10.1. The van der Waals surface area contributed by atoms with Crippen molar-refractivity contribution in [1.82, 2.24) is 15.1 Å².